The maximum atomic E-state index is 6.16. The topological polar surface area (TPSA) is 72.8 Å². The van der Waals surface area contributed by atoms with Gasteiger partial charge in [0.25, 0.3) is 0 Å². The molecule has 2 aliphatic heterocycles. The van der Waals surface area contributed by atoms with E-state index < -0.39 is 0 Å². The van der Waals surface area contributed by atoms with Gasteiger partial charge in [-0.1, -0.05) is 0 Å². The van der Waals surface area contributed by atoms with Gasteiger partial charge in [0.05, 0.1) is 36.8 Å². The molecule has 0 bridgehead atoms. The van der Waals surface area contributed by atoms with Crippen molar-refractivity contribution in [3.05, 3.63) is 30.1 Å². The van der Waals surface area contributed by atoms with Crippen molar-refractivity contribution in [3.8, 4) is 5.88 Å². The van der Waals surface area contributed by atoms with Crippen LogP contribution in [-0.4, -0.2) is 68.1 Å². The van der Waals surface area contributed by atoms with Crippen LogP contribution in [0.4, 0.5) is 17.5 Å². The van der Waals surface area contributed by atoms with Crippen molar-refractivity contribution in [3.63, 3.8) is 0 Å². The second-order valence-electron chi connectivity index (χ2n) is 7.43. The van der Waals surface area contributed by atoms with Gasteiger partial charge in [0.1, 0.15) is 5.82 Å². The van der Waals surface area contributed by atoms with Gasteiger partial charge >= 0.3 is 0 Å². The Labute approximate surface area is 171 Å². The van der Waals surface area contributed by atoms with Gasteiger partial charge in [0.2, 0.25) is 11.8 Å². The van der Waals surface area contributed by atoms with Crippen LogP contribution in [0, 0.1) is 0 Å². The Hall–Kier alpha value is -2.45. The average molecular weight is 399 g/mol. The summed E-state index contributed by atoms with van der Waals surface area (Å²) in [6.45, 7) is 3.61. The van der Waals surface area contributed by atoms with Crippen molar-refractivity contribution >= 4 is 17.5 Å². The predicted molar refractivity (Wildman–Crippen MR) is 111 cm³/mol. The predicted octanol–water partition coefficient (Wildman–Crippen LogP) is 2.60. The molecule has 4 heterocycles. The summed E-state index contributed by atoms with van der Waals surface area (Å²) in [5, 5.41) is 0. The largest absolute Gasteiger partial charge is 0.477 e. The molecule has 0 aliphatic carbocycles. The molecule has 1 fully saturated rings. The summed E-state index contributed by atoms with van der Waals surface area (Å²) in [7, 11) is 3.67. The Morgan fingerprint density at radius 3 is 3.00 bits per heavy atom. The molecule has 2 aromatic rings. The summed E-state index contributed by atoms with van der Waals surface area (Å²) in [5.41, 5.74) is 2.09. The van der Waals surface area contributed by atoms with E-state index in [-0.39, 0.29) is 0 Å². The third-order valence-electron chi connectivity index (χ3n) is 5.41. The number of aromatic nitrogens is 3. The van der Waals surface area contributed by atoms with Crippen LogP contribution < -0.4 is 14.5 Å². The summed E-state index contributed by atoms with van der Waals surface area (Å²) in [6, 6.07) is 4.00. The first-order valence-electron chi connectivity index (χ1n) is 10.3. The normalized spacial score (nSPS) is 18.1. The Bertz CT molecular complexity index is 798. The zero-order valence-corrected chi connectivity index (χ0v) is 17.2. The molecule has 0 spiro atoms. The van der Waals surface area contributed by atoms with Gasteiger partial charge in [0.15, 0.2) is 0 Å². The standard InChI is InChI=1S/C21H29N5O3/c1-25(11-14-27-2)21-23-19-18(7-10-26(19)16-5-3-9-22-15-16)20(24-21)29-13-8-17-6-4-12-28-17/h3,5,9,15,17H,4,6-8,10-14H2,1-2H3. The number of anilines is 3. The zero-order valence-electron chi connectivity index (χ0n) is 17.2. The van der Waals surface area contributed by atoms with Crippen molar-refractivity contribution in [2.45, 2.75) is 31.8 Å². The van der Waals surface area contributed by atoms with E-state index in [0.717, 1.165) is 55.9 Å². The Morgan fingerprint density at radius 1 is 1.31 bits per heavy atom. The highest BCUT2D eigenvalue weighted by atomic mass is 16.5. The lowest BCUT2D eigenvalue weighted by molar-refractivity contribution is 0.0895. The zero-order chi connectivity index (χ0) is 20.1. The van der Waals surface area contributed by atoms with Crippen LogP contribution in [-0.2, 0) is 15.9 Å². The van der Waals surface area contributed by atoms with E-state index in [2.05, 4.69) is 16.0 Å². The second-order valence-corrected chi connectivity index (χ2v) is 7.43. The molecular formula is C21H29N5O3. The van der Waals surface area contributed by atoms with Crippen LogP contribution in [0.15, 0.2) is 24.5 Å². The molecule has 1 saturated heterocycles. The fourth-order valence-electron chi connectivity index (χ4n) is 3.75. The molecule has 29 heavy (non-hydrogen) atoms. The summed E-state index contributed by atoms with van der Waals surface area (Å²) in [5.74, 6) is 2.22. The van der Waals surface area contributed by atoms with Gasteiger partial charge in [0, 0.05) is 46.5 Å². The lowest BCUT2D eigenvalue weighted by Crippen LogP contribution is -2.25. The van der Waals surface area contributed by atoms with Crippen molar-refractivity contribution in [2.24, 2.45) is 0 Å². The highest BCUT2D eigenvalue weighted by Gasteiger charge is 2.29. The van der Waals surface area contributed by atoms with Crippen LogP contribution in [0.5, 0.6) is 5.88 Å². The number of fused-ring (bicyclic) bond motifs is 1. The minimum absolute atomic E-state index is 0.306. The van der Waals surface area contributed by atoms with E-state index in [1.165, 1.54) is 0 Å². The third kappa shape index (κ3) is 4.59. The molecular weight excluding hydrogens is 370 g/mol. The van der Waals surface area contributed by atoms with Crippen molar-refractivity contribution in [2.75, 3.05) is 56.9 Å². The Kier molecular flexibility index (Phi) is 6.41. The van der Waals surface area contributed by atoms with Crippen LogP contribution in [0.3, 0.4) is 0 Å². The quantitative estimate of drug-likeness (QED) is 0.637. The van der Waals surface area contributed by atoms with Gasteiger partial charge in [-0.3, -0.25) is 4.98 Å². The number of methoxy groups -OCH3 is 1. The van der Waals surface area contributed by atoms with Gasteiger partial charge in [-0.05, 0) is 31.4 Å². The maximum Gasteiger partial charge on any atom is 0.230 e. The first kappa shape index (κ1) is 19.8. The Balaban J connectivity index is 1.58. The summed E-state index contributed by atoms with van der Waals surface area (Å²) < 4.78 is 17.1. The van der Waals surface area contributed by atoms with E-state index in [9.17, 15) is 0 Å². The minimum atomic E-state index is 0.306. The van der Waals surface area contributed by atoms with Crippen LogP contribution in [0.25, 0.3) is 0 Å². The number of rotatable bonds is 9. The van der Waals surface area contributed by atoms with Crippen LogP contribution in [0.2, 0.25) is 0 Å². The molecule has 1 unspecified atom stereocenters. The molecule has 0 aromatic carbocycles. The summed E-state index contributed by atoms with van der Waals surface area (Å²) >= 11 is 0. The molecule has 0 N–H and O–H groups in total. The maximum absolute atomic E-state index is 6.16. The molecule has 0 amide bonds. The second kappa shape index (κ2) is 9.37. The highest BCUT2D eigenvalue weighted by molar-refractivity contribution is 5.69. The van der Waals surface area contributed by atoms with Gasteiger partial charge in [-0.15, -0.1) is 0 Å². The molecule has 0 radical (unpaired) electrons. The molecule has 1 atom stereocenters. The molecule has 2 aliphatic rings. The SMILES string of the molecule is COCCN(C)c1nc(OCCC2CCCO2)c2c(n1)N(c1cccnc1)CC2. The van der Waals surface area contributed by atoms with E-state index in [1.54, 1.807) is 13.3 Å². The average Bonchev–Trinajstić information content (AvgIpc) is 3.42. The summed E-state index contributed by atoms with van der Waals surface area (Å²) in [4.78, 5) is 18.0. The lowest BCUT2D eigenvalue weighted by atomic mass is 10.2. The molecule has 156 valence electrons. The monoisotopic (exact) mass is 399 g/mol. The number of nitrogens with zero attached hydrogens (tertiary/aromatic N) is 5. The number of ether oxygens (including phenoxy) is 3. The first-order valence-corrected chi connectivity index (χ1v) is 10.3. The van der Waals surface area contributed by atoms with Crippen molar-refractivity contribution < 1.29 is 14.2 Å². The van der Waals surface area contributed by atoms with Crippen molar-refractivity contribution in [1.82, 2.24) is 15.0 Å². The third-order valence-corrected chi connectivity index (χ3v) is 5.41. The molecule has 8 heteroatoms. The van der Waals surface area contributed by atoms with E-state index >= 15 is 0 Å². The number of hydrogen-bond acceptors (Lipinski definition) is 8. The number of hydrogen-bond donors (Lipinski definition) is 0. The lowest BCUT2D eigenvalue weighted by Gasteiger charge is -2.22. The van der Waals surface area contributed by atoms with E-state index in [0.29, 0.717) is 37.7 Å². The first-order chi connectivity index (χ1) is 14.3. The van der Waals surface area contributed by atoms with E-state index in [1.807, 2.05) is 24.2 Å². The van der Waals surface area contributed by atoms with Gasteiger partial charge in [-0.2, -0.15) is 9.97 Å². The fraction of sp³-hybridized carbons (Fsp3) is 0.571. The van der Waals surface area contributed by atoms with Gasteiger partial charge < -0.3 is 24.0 Å². The van der Waals surface area contributed by atoms with Gasteiger partial charge in [-0.25, -0.2) is 0 Å². The van der Waals surface area contributed by atoms with Crippen molar-refractivity contribution in [1.29, 1.82) is 0 Å². The molecule has 2 aromatic heterocycles. The van der Waals surface area contributed by atoms with Crippen LogP contribution in [0.1, 0.15) is 24.8 Å². The molecule has 0 saturated carbocycles. The Morgan fingerprint density at radius 2 is 2.24 bits per heavy atom. The van der Waals surface area contributed by atoms with Crippen LogP contribution >= 0.6 is 0 Å². The summed E-state index contributed by atoms with van der Waals surface area (Å²) in [6.07, 6.45) is 7.95. The number of pyridine rings is 1. The molecule has 4 rings (SSSR count). The smallest absolute Gasteiger partial charge is 0.230 e. The fourth-order valence-corrected chi connectivity index (χ4v) is 3.75. The van der Waals surface area contributed by atoms with E-state index in [4.69, 9.17) is 24.2 Å². The molecule has 8 nitrogen and oxygen atoms in total. The highest BCUT2D eigenvalue weighted by Crippen LogP contribution is 2.38. The minimum Gasteiger partial charge on any atom is -0.477 e. The number of likely N-dealkylation sites (N-methyl/N-ethyl adjacent to an activating group) is 1.